The van der Waals surface area contributed by atoms with Gasteiger partial charge in [-0.2, -0.15) is 4.80 Å². The monoisotopic (exact) mass is 390 g/mol. The van der Waals surface area contributed by atoms with Crippen LogP contribution in [-0.4, -0.2) is 44.1 Å². The summed E-state index contributed by atoms with van der Waals surface area (Å²) in [6.07, 6.45) is 0. The molecule has 0 atom stereocenters. The van der Waals surface area contributed by atoms with Gasteiger partial charge < -0.3 is 15.5 Å². The van der Waals surface area contributed by atoms with Crippen molar-refractivity contribution in [3.63, 3.8) is 0 Å². The van der Waals surface area contributed by atoms with Crippen LogP contribution in [0.4, 0.5) is 0 Å². The second kappa shape index (κ2) is 8.79. The average molecular weight is 391 g/mol. The Hall–Kier alpha value is -2.71. The molecule has 0 radical (unpaired) electrons. The van der Waals surface area contributed by atoms with Crippen LogP contribution in [0.15, 0.2) is 24.3 Å². The molecule has 0 saturated carbocycles. The first-order chi connectivity index (χ1) is 12.5. The Kier molecular flexibility index (Phi) is 6.70. The van der Waals surface area contributed by atoms with Gasteiger partial charge in [0.05, 0.1) is 12.2 Å². The van der Waals surface area contributed by atoms with Gasteiger partial charge in [0.15, 0.2) is 5.78 Å². The van der Waals surface area contributed by atoms with Crippen molar-refractivity contribution < 1.29 is 9.53 Å². The zero-order valence-corrected chi connectivity index (χ0v) is 16.3. The molecule has 3 rings (SSSR count). The Morgan fingerprint density at radius 1 is 1.33 bits per heavy atom. The summed E-state index contributed by atoms with van der Waals surface area (Å²) < 4.78 is 5.52. The number of rotatable bonds is 7. The van der Waals surface area contributed by atoms with Crippen molar-refractivity contribution in [2.75, 3.05) is 13.2 Å². The summed E-state index contributed by atoms with van der Waals surface area (Å²) in [6, 6.07) is 7.11. The lowest BCUT2D eigenvalue weighted by Gasteiger charge is -2.07. The minimum absolute atomic E-state index is 0. The van der Waals surface area contributed by atoms with Gasteiger partial charge in [-0.05, 0) is 43.7 Å². The minimum Gasteiger partial charge on any atom is -0.492 e. The molecule has 0 spiro atoms. The predicted octanol–water partition coefficient (Wildman–Crippen LogP) is 2.30. The van der Waals surface area contributed by atoms with Crippen LogP contribution < -0.4 is 10.5 Å². The van der Waals surface area contributed by atoms with Gasteiger partial charge in [0.1, 0.15) is 12.4 Å². The smallest absolute Gasteiger partial charge is 0.221 e. The van der Waals surface area contributed by atoms with Crippen molar-refractivity contribution in [2.45, 2.75) is 27.3 Å². The summed E-state index contributed by atoms with van der Waals surface area (Å²) in [7, 11) is 0. The van der Waals surface area contributed by atoms with Gasteiger partial charge in [0.2, 0.25) is 5.82 Å². The normalized spacial score (nSPS) is 10.5. The first-order valence-corrected chi connectivity index (χ1v) is 8.50. The zero-order valence-electron chi connectivity index (χ0n) is 15.5. The molecule has 1 aromatic carbocycles. The number of nitrogens with one attached hydrogen (secondary N) is 1. The largest absolute Gasteiger partial charge is 0.492 e. The summed E-state index contributed by atoms with van der Waals surface area (Å²) in [5.74, 6) is 1.02. The number of nitrogens with two attached hydrogens (primary N) is 1. The number of ketones is 1. The third-order valence-corrected chi connectivity index (χ3v) is 4.11. The van der Waals surface area contributed by atoms with Crippen LogP contribution in [0.5, 0.6) is 5.75 Å². The van der Waals surface area contributed by atoms with E-state index in [1.165, 1.54) is 4.80 Å². The van der Waals surface area contributed by atoms with Crippen molar-refractivity contribution >= 4 is 18.2 Å². The van der Waals surface area contributed by atoms with Crippen LogP contribution in [0.2, 0.25) is 0 Å². The van der Waals surface area contributed by atoms with Crippen LogP contribution in [0.25, 0.3) is 11.5 Å². The summed E-state index contributed by atoms with van der Waals surface area (Å²) in [6.45, 7) is 7.14. The molecule has 2 aromatic heterocycles. The molecular weight excluding hydrogens is 368 g/mol. The van der Waals surface area contributed by atoms with Crippen molar-refractivity contribution in [1.82, 2.24) is 25.2 Å². The lowest BCUT2D eigenvalue weighted by atomic mass is 9.99. The number of hydrogen-bond acceptors (Lipinski definition) is 6. The molecule has 144 valence electrons. The van der Waals surface area contributed by atoms with Crippen molar-refractivity contribution in [2.24, 2.45) is 5.73 Å². The van der Waals surface area contributed by atoms with E-state index in [1.54, 1.807) is 18.2 Å². The van der Waals surface area contributed by atoms with Gasteiger partial charge in [0.25, 0.3) is 0 Å². The first-order valence-electron chi connectivity index (χ1n) is 8.50. The summed E-state index contributed by atoms with van der Waals surface area (Å²) in [5, 5.41) is 12.4. The molecule has 8 nitrogen and oxygen atoms in total. The summed E-state index contributed by atoms with van der Waals surface area (Å²) in [5.41, 5.74) is 8.91. The van der Waals surface area contributed by atoms with Crippen LogP contribution in [0, 0.1) is 13.8 Å². The van der Waals surface area contributed by atoms with Crippen molar-refractivity contribution in [3.05, 3.63) is 46.6 Å². The molecule has 3 aromatic rings. The maximum absolute atomic E-state index is 13.1. The highest BCUT2D eigenvalue weighted by Gasteiger charge is 2.22. The third kappa shape index (κ3) is 4.17. The first kappa shape index (κ1) is 20.6. The Labute approximate surface area is 163 Å². The fourth-order valence-corrected chi connectivity index (χ4v) is 2.84. The molecule has 0 unspecified atom stereocenters. The molecule has 0 bridgehead atoms. The van der Waals surface area contributed by atoms with E-state index in [0.717, 1.165) is 11.3 Å². The molecule has 0 aliphatic heterocycles. The highest BCUT2D eigenvalue weighted by Crippen LogP contribution is 2.27. The molecule has 0 saturated heterocycles. The van der Waals surface area contributed by atoms with E-state index >= 15 is 0 Å². The van der Waals surface area contributed by atoms with E-state index in [0.29, 0.717) is 48.1 Å². The van der Waals surface area contributed by atoms with Gasteiger partial charge in [-0.3, -0.25) is 4.79 Å². The van der Waals surface area contributed by atoms with Crippen molar-refractivity contribution in [1.29, 1.82) is 0 Å². The van der Waals surface area contributed by atoms with Gasteiger partial charge >= 0.3 is 0 Å². The number of hydrogen-bond donors (Lipinski definition) is 2. The Bertz CT molecular complexity index is 934. The van der Waals surface area contributed by atoms with Gasteiger partial charge in [-0.1, -0.05) is 12.1 Å². The number of H-pyrrole nitrogens is 1. The second-order valence-electron chi connectivity index (χ2n) is 5.92. The SMILES string of the molecule is CCn1nnc(-c2[nH]c(C)c(C(=O)c3cccc(OCCN)c3)c2C)n1.Cl. The molecule has 0 aliphatic rings. The van der Waals surface area contributed by atoms with Crippen LogP contribution in [0.3, 0.4) is 0 Å². The molecular formula is C18H23ClN6O2. The average Bonchev–Trinajstić information content (AvgIpc) is 3.24. The highest BCUT2D eigenvalue weighted by molar-refractivity contribution is 6.11. The molecule has 0 aliphatic carbocycles. The number of tetrazole rings is 1. The van der Waals surface area contributed by atoms with E-state index in [1.807, 2.05) is 26.8 Å². The molecule has 2 heterocycles. The van der Waals surface area contributed by atoms with Gasteiger partial charge in [0, 0.05) is 23.4 Å². The number of aryl methyl sites for hydroxylation is 2. The number of halogens is 1. The molecule has 27 heavy (non-hydrogen) atoms. The Balaban J connectivity index is 0.00000261. The number of nitrogens with zero attached hydrogens (tertiary/aromatic N) is 4. The second-order valence-corrected chi connectivity index (χ2v) is 5.92. The Morgan fingerprint density at radius 3 is 2.78 bits per heavy atom. The number of aromatic nitrogens is 5. The van der Waals surface area contributed by atoms with Crippen LogP contribution >= 0.6 is 12.4 Å². The topological polar surface area (TPSA) is 112 Å². The highest BCUT2D eigenvalue weighted by atomic mass is 35.5. The van der Waals surface area contributed by atoms with E-state index in [4.69, 9.17) is 10.5 Å². The quantitative estimate of drug-likeness (QED) is 0.598. The Morgan fingerprint density at radius 2 is 2.11 bits per heavy atom. The lowest BCUT2D eigenvalue weighted by molar-refractivity contribution is 0.103. The predicted molar refractivity (Wildman–Crippen MR) is 104 cm³/mol. The van der Waals surface area contributed by atoms with Crippen molar-refractivity contribution in [3.8, 4) is 17.3 Å². The number of benzene rings is 1. The lowest BCUT2D eigenvalue weighted by Crippen LogP contribution is -2.11. The van der Waals surface area contributed by atoms with Gasteiger partial charge in [-0.25, -0.2) is 0 Å². The van der Waals surface area contributed by atoms with E-state index in [9.17, 15) is 4.79 Å². The zero-order chi connectivity index (χ0) is 18.7. The standard InChI is InChI=1S/C18H22N6O2.ClH/c1-4-24-22-18(21-23-24)16-11(2)15(12(3)20-16)17(25)13-6-5-7-14(10-13)26-9-8-19;/h5-7,10,20H,4,8-9,19H2,1-3H3;1H. The van der Waals surface area contributed by atoms with E-state index < -0.39 is 0 Å². The number of ether oxygens (including phenoxy) is 1. The summed E-state index contributed by atoms with van der Waals surface area (Å²) >= 11 is 0. The molecule has 3 N–H and O–H groups in total. The number of aromatic amines is 1. The number of carbonyl (C=O) groups excluding carboxylic acids is 1. The van der Waals surface area contributed by atoms with Crippen LogP contribution in [-0.2, 0) is 6.54 Å². The maximum Gasteiger partial charge on any atom is 0.221 e. The molecule has 0 fully saturated rings. The van der Waals surface area contributed by atoms with E-state index in [-0.39, 0.29) is 18.2 Å². The third-order valence-electron chi connectivity index (χ3n) is 4.11. The molecule has 9 heteroatoms. The number of carbonyl (C=O) groups is 1. The fraction of sp³-hybridized carbons (Fsp3) is 0.333. The maximum atomic E-state index is 13.1. The van der Waals surface area contributed by atoms with Crippen LogP contribution in [0.1, 0.15) is 34.1 Å². The minimum atomic E-state index is -0.0800. The summed E-state index contributed by atoms with van der Waals surface area (Å²) in [4.78, 5) is 17.8. The van der Waals surface area contributed by atoms with Gasteiger partial charge in [-0.15, -0.1) is 22.6 Å². The van der Waals surface area contributed by atoms with E-state index in [2.05, 4.69) is 20.4 Å². The molecule has 0 amide bonds. The fourth-order valence-electron chi connectivity index (χ4n) is 2.84.